The predicted octanol–water partition coefficient (Wildman–Crippen LogP) is 4.48. The first-order valence-electron chi connectivity index (χ1n) is 9.49. The van der Waals surface area contributed by atoms with Gasteiger partial charge in [-0.15, -0.1) is 0 Å². The highest BCUT2D eigenvalue weighted by Gasteiger charge is 2.27. The van der Waals surface area contributed by atoms with E-state index in [2.05, 4.69) is 10.3 Å². The number of hydrogen-bond donors (Lipinski definition) is 2. The summed E-state index contributed by atoms with van der Waals surface area (Å²) < 4.78 is 6.97. The summed E-state index contributed by atoms with van der Waals surface area (Å²) in [7, 11) is 0. The maximum Gasteiger partial charge on any atom is 0.408 e. The van der Waals surface area contributed by atoms with Crippen LogP contribution in [-0.2, 0) is 16.0 Å². The first kappa shape index (κ1) is 21.6. The van der Waals surface area contributed by atoms with Gasteiger partial charge in [0.05, 0.1) is 16.4 Å². The molecule has 3 aromatic rings. The van der Waals surface area contributed by atoms with E-state index in [1.54, 1.807) is 43.5 Å². The highest BCUT2D eigenvalue weighted by molar-refractivity contribution is 6.30. The second-order valence-corrected chi connectivity index (χ2v) is 8.53. The number of fused-ring (bicyclic) bond motifs is 1. The van der Waals surface area contributed by atoms with E-state index in [1.807, 2.05) is 31.2 Å². The van der Waals surface area contributed by atoms with Gasteiger partial charge < -0.3 is 19.6 Å². The molecule has 1 atom stereocenters. The number of hydrogen-bond acceptors (Lipinski definition) is 4. The average Bonchev–Trinajstić information content (AvgIpc) is 2.98. The van der Waals surface area contributed by atoms with Gasteiger partial charge in [0.2, 0.25) is 0 Å². The molecule has 2 aromatic heterocycles. The van der Waals surface area contributed by atoms with Crippen LogP contribution in [0.15, 0.2) is 42.6 Å². The molecule has 2 heterocycles. The van der Waals surface area contributed by atoms with E-state index in [-0.39, 0.29) is 6.42 Å². The molecule has 7 nitrogen and oxygen atoms in total. The Balaban J connectivity index is 2.02. The second kappa shape index (κ2) is 8.36. The van der Waals surface area contributed by atoms with Crippen molar-refractivity contribution in [2.45, 2.75) is 45.8 Å². The summed E-state index contributed by atoms with van der Waals surface area (Å²) in [5, 5.41) is 12.7. The first-order valence-corrected chi connectivity index (χ1v) is 9.87. The molecule has 158 valence electrons. The van der Waals surface area contributed by atoms with Crippen LogP contribution in [0, 0.1) is 6.92 Å². The van der Waals surface area contributed by atoms with Crippen molar-refractivity contribution in [1.29, 1.82) is 0 Å². The zero-order valence-electron chi connectivity index (χ0n) is 17.3. The number of nitrogens with zero attached hydrogens (tertiary/aromatic N) is 2. The normalized spacial score (nSPS) is 12.6. The molecule has 0 saturated carbocycles. The van der Waals surface area contributed by atoms with Crippen molar-refractivity contribution < 1.29 is 19.4 Å². The lowest BCUT2D eigenvalue weighted by Crippen LogP contribution is -2.44. The number of rotatable bonds is 5. The van der Waals surface area contributed by atoms with Gasteiger partial charge in [-0.2, -0.15) is 0 Å². The lowest BCUT2D eigenvalue weighted by atomic mass is 10.0. The number of halogens is 1. The number of aliphatic carboxylic acids is 1. The number of pyridine rings is 1. The van der Waals surface area contributed by atoms with E-state index in [4.69, 9.17) is 16.3 Å². The van der Waals surface area contributed by atoms with Crippen LogP contribution in [0.2, 0.25) is 5.02 Å². The molecule has 1 aromatic carbocycles. The highest BCUT2D eigenvalue weighted by atomic mass is 35.5. The first-order chi connectivity index (χ1) is 14.0. The molecule has 0 saturated heterocycles. The fourth-order valence-electron chi connectivity index (χ4n) is 3.05. The molecule has 1 unspecified atom stereocenters. The number of nitrogens with one attached hydrogen (secondary N) is 1. The van der Waals surface area contributed by atoms with Crippen molar-refractivity contribution in [1.82, 2.24) is 14.7 Å². The molecule has 0 aliphatic rings. The van der Waals surface area contributed by atoms with Crippen molar-refractivity contribution in [2.24, 2.45) is 0 Å². The SMILES string of the molecule is Cc1ccc(-c2nc3ccc(Cl)cn3c2CC(NC(=O)OC(C)(C)C)C(=O)O)cc1. The molecule has 0 aliphatic heterocycles. The van der Waals surface area contributed by atoms with Gasteiger partial charge >= 0.3 is 12.1 Å². The van der Waals surface area contributed by atoms with Crippen LogP contribution in [0.5, 0.6) is 0 Å². The molecular formula is C22H24ClN3O4. The third kappa shape index (κ3) is 5.10. The number of aromatic nitrogens is 2. The lowest BCUT2D eigenvalue weighted by Gasteiger charge is -2.22. The molecule has 0 radical (unpaired) electrons. The summed E-state index contributed by atoms with van der Waals surface area (Å²) in [5.74, 6) is -1.17. The third-order valence-electron chi connectivity index (χ3n) is 4.39. The van der Waals surface area contributed by atoms with Gasteiger partial charge in [0.1, 0.15) is 17.3 Å². The maximum atomic E-state index is 12.2. The smallest absolute Gasteiger partial charge is 0.408 e. The van der Waals surface area contributed by atoms with E-state index >= 15 is 0 Å². The number of imidazole rings is 1. The molecule has 0 spiro atoms. The highest BCUT2D eigenvalue weighted by Crippen LogP contribution is 2.27. The molecule has 30 heavy (non-hydrogen) atoms. The van der Waals surface area contributed by atoms with E-state index in [9.17, 15) is 14.7 Å². The van der Waals surface area contributed by atoms with Crippen molar-refractivity contribution >= 4 is 29.3 Å². The summed E-state index contributed by atoms with van der Waals surface area (Å²) in [6.45, 7) is 7.12. The van der Waals surface area contributed by atoms with Gasteiger partial charge in [-0.25, -0.2) is 14.6 Å². The number of aryl methyl sites for hydroxylation is 1. The van der Waals surface area contributed by atoms with Crippen molar-refractivity contribution in [3.8, 4) is 11.3 Å². The quantitative estimate of drug-likeness (QED) is 0.623. The Labute approximate surface area is 179 Å². The van der Waals surface area contributed by atoms with Crippen molar-refractivity contribution in [3.05, 3.63) is 58.9 Å². The topological polar surface area (TPSA) is 92.9 Å². The van der Waals surface area contributed by atoms with Crippen LogP contribution in [0.3, 0.4) is 0 Å². The summed E-state index contributed by atoms with van der Waals surface area (Å²) in [6, 6.07) is 10.1. The predicted molar refractivity (Wildman–Crippen MR) is 115 cm³/mol. The lowest BCUT2D eigenvalue weighted by molar-refractivity contribution is -0.139. The fraction of sp³-hybridized carbons (Fsp3) is 0.318. The Morgan fingerprint density at radius 1 is 1.20 bits per heavy atom. The minimum Gasteiger partial charge on any atom is -0.480 e. The Morgan fingerprint density at radius 2 is 1.87 bits per heavy atom. The van der Waals surface area contributed by atoms with E-state index in [0.717, 1.165) is 11.1 Å². The number of carboxylic acid groups (broad SMARTS) is 1. The van der Waals surface area contributed by atoms with Gasteiger partial charge in [0.25, 0.3) is 0 Å². The molecule has 0 bridgehead atoms. The minimum absolute atomic E-state index is 0.000700. The van der Waals surface area contributed by atoms with Crippen LogP contribution in [0.1, 0.15) is 32.0 Å². The van der Waals surface area contributed by atoms with E-state index < -0.39 is 23.7 Å². The van der Waals surface area contributed by atoms with Gasteiger partial charge in [0, 0.05) is 18.2 Å². The zero-order valence-corrected chi connectivity index (χ0v) is 18.0. The monoisotopic (exact) mass is 429 g/mol. The van der Waals surface area contributed by atoms with Crippen LogP contribution in [-0.4, -0.2) is 38.2 Å². The van der Waals surface area contributed by atoms with Gasteiger partial charge in [0.15, 0.2) is 0 Å². The number of carbonyl (C=O) groups excluding carboxylic acids is 1. The largest absolute Gasteiger partial charge is 0.480 e. The van der Waals surface area contributed by atoms with Crippen LogP contribution < -0.4 is 5.32 Å². The number of amides is 1. The molecule has 2 N–H and O–H groups in total. The van der Waals surface area contributed by atoms with Crippen molar-refractivity contribution in [2.75, 3.05) is 0 Å². The van der Waals surface area contributed by atoms with Gasteiger partial charge in [-0.05, 0) is 39.8 Å². The molecular weight excluding hydrogens is 406 g/mol. The maximum absolute atomic E-state index is 12.2. The van der Waals surface area contributed by atoms with Gasteiger partial charge in [-0.3, -0.25) is 0 Å². The Morgan fingerprint density at radius 3 is 2.47 bits per heavy atom. The number of alkyl carbamates (subject to hydrolysis) is 1. The molecule has 0 fully saturated rings. The van der Waals surface area contributed by atoms with Gasteiger partial charge in [-0.1, -0.05) is 41.4 Å². The number of carboxylic acids is 1. The Kier molecular flexibility index (Phi) is 6.03. The number of ether oxygens (including phenoxy) is 1. The molecule has 0 aliphatic carbocycles. The van der Waals surface area contributed by atoms with Crippen LogP contribution in [0.4, 0.5) is 4.79 Å². The van der Waals surface area contributed by atoms with Crippen LogP contribution >= 0.6 is 11.6 Å². The summed E-state index contributed by atoms with van der Waals surface area (Å²) in [5.41, 5.74) is 3.09. The minimum atomic E-state index is -1.21. The summed E-state index contributed by atoms with van der Waals surface area (Å²) >= 11 is 6.17. The van der Waals surface area contributed by atoms with Crippen molar-refractivity contribution in [3.63, 3.8) is 0 Å². The Hall–Kier alpha value is -3.06. The summed E-state index contributed by atoms with van der Waals surface area (Å²) in [6.07, 6.45) is 0.890. The summed E-state index contributed by atoms with van der Waals surface area (Å²) in [4.78, 5) is 28.7. The van der Waals surface area contributed by atoms with E-state index in [1.165, 1.54) is 0 Å². The Bertz CT molecular complexity index is 1080. The van der Waals surface area contributed by atoms with E-state index in [0.29, 0.717) is 22.1 Å². The molecule has 8 heteroatoms. The average molecular weight is 430 g/mol. The number of carbonyl (C=O) groups is 2. The number of benzene rings is 1. The zero-order chi connectivity index (χ0) is 22.1. The molecule has 3 rings (SSSR count). The van der Waals surface area contributed by atoms with Crippen LogP contribution in [0.25, 0.3) is 16.9 Å². The third-order valence-corrected chi connectivity index (χ3v) is 4.62. The second-order valence-electron chi connectivity index (χ2n) is 8.09. The standard InChI is InChI=1S/C22H24ClN3O4/c1-13-5-7-14(8-6-13)19-17(26-12-15(23)9-10-18(26)25-19)11-16(20(27)28)24-21(29)30-22(2,3)4/h5-10,12,16H,11H2,1-4H3,(H,24,29)(H,27,28). The molecule has 1 amide bonds. The fourth-order valence-corrected chi connectivity index (χ4v) is 3.21.